The predicted octanol–water partition coefficient (Wildman–Crippen LogP) is 2.44. The Kier molecular flexibility index (Phi) is 3.32. The number of aryl methyl sites for hydroxylation is 1. The van der Waals surface area contributed by atoms with Gasteiger partial charge in [0.1, 0.15) is 0 Å². The van der Waals surface area contributed by atoms with Gasteiger partial charge in [0.15, 0.2) is 0 Å². The van der Waals surface area contributed by atoms with Crippen molar-refractivity contribution in [1.82, 2.24) is 0 Å². The summed E-state index contributed by atoms with van der Waals surface area (Å²) in [6.45, 7) is 1.77. The normalized spacial score (nSPS) is 8.77. The second-order valence-corrected chi connectivity index (χ2v) is 3.09. The molecule has 0 aliphatic carbocycles. The van der Waals surface area contributed by atoms with Crippen LogP contribution in [0.1, 0.15) is 21.5 Å². The van der Waals surface area contributed by atoms with Crippen LogP contribution in [-0.2, 0) is 0 Å². The molecule has 0 saturated heterocycles. The minimum Gasteiger partial charge on any atom is -0.478 e. The molecule has 66 valence electrons. The number of aromatic carboxylic acids is 1. The van der Waals surface area contributed by atoms with Gasteiger partial charge in [0.25, 0.3) is 0 Å². The van der Waals surface area contributed by atoms with E-state index >= 15 is 0 Å². The van der Waals surface area contributed by atoms with Gasteiger partial charge in [-0.25, -0.2) is 4.79 Å². The van der Waals surface area contributed by atoms with Gasteiger partial charge in [-0.3, -0.25) is 0 Å². The molecular formula is C10H7IO2. The van der Waals surface area contributed by atoms with Gasteiger partial charge in [-0.2, -0.15) is 0 Å². The van der Waals surface area contributed by atoms with Crippen molar-refractivity contribution in [2.45, 2.75) is 6.92 Å². The molecule has 1 aromatic rings. The summed E-state index contributed by atoms with van der Waals surface area (Å²) in [7, 11) is 0. The van der Waals surface area contributed by atoms with Crippen molar-refractivity contribution in [3.63, 3.8) is 0 Å². The highest BCUT2D eigenvalue weighted by Crippen LogP contribution is 2.10. The third kappa shape index (κ3) is 2.46. The number of halogens is 1. The number of carboxylic acids is 1. The summed E-state index contributed by atoms with van der Waals surface area (Å²) < 4.78 is 2.70. The third-order valence-corrected chi connectivity index (χ3v) is 1.93. The molecule has 2 nitrogen and oxygen atoms in total. The lowest BCUT2D eigenvalue weighted by Crippen LogP contribution is -1.99. The molecule has 1 N–H and O–H groups in total. The molecule has 0 spiro atoms. The maximum atomic E-state index is 10.7. The number of carboxylic acid groups (broad SMARTS) is 1. The number of rotatable bonds is 1. The summed E-state index contributed by atoms with van der Waals surface area (Å²) >= 11 is 1.92. The van der Waals surface area contributed by atoms with Crippen molar-refractivity contribution in [3.05, 3.63) is 34.9 Å². The van der Waals surface area contributed by atoms with Crippen LogP contribution in [0.15, 0.2) is 18.2 Å². The lowest BCUT2D eigenvalue weighted by atomic mass is 10.1. The molecule has 1 rings (SSSR count). The Balaban J connectivity index is 3.24. The number of hydrogen-bond acceptors (Lipinski definition) is 1. The molecule has 0 atom stereocenters. The first-order chi connectivity index (χ1) is 6.15. The van der Waals surface area contributed by atoms with Gasteiger partial charge in [0.2, 0.25) is 0 Å². The zero-order valence-corrected chi connectivity index (χ0v) is 9.12. The second kappa shape index (κ2) is 4.28. The maximum absolute atomic E-state index is 10.7. The number of hydrogen-bond donors (Lipinski definition) is 1. The van der Waals surface area contributed by atoms with Crippen molar-refractivity contribution in [2.24, 2.45) is 0 Å². The van der Waals surface area contributed by atoms with Gasteiger partial charge in [-0.15, -0.1) is 0 Å². The molecule has 3 heteroatoms. The van der Waals surface area contributed by atoms with Crippen LogP contribution in [0.3, 0.4) is 0 Å². The zero-order chi connectivity index (χ0) is 9.84. The van der Waals surface area contributed by atoms with Crippen molar-refractivity contribution in [2.75, 3.05) is 0 Å². The molecule has 0 bridgehead atoms. The van der Waals surface area contributed by atoms with Crippen LogP contribution in [-0.4, -0.2) is 11.1 Å². The highest BCUT2D eigenvalue weighted by atomic mass is 127. The number of carbonyl (C=O) groups is 1. The summed E-state index contributed by atoms with van der Waals surface area (Å²) in [6.07, 6.45) is 0. The SMILES string of the molecule is Cc1ccc(C#CI)cc1C(=O)O. The van der Waals surface area contributed by atoms with Gasteiger partial charge in [0.05, 0.1) is 5.56 Å². The Morgan fingerprint density at radius 1 is 1.54 bits per heavy atom. The fourth-order valence-electron chi connectivity index (χ4n) is 0.985. The number of benzene rings is 1. The van der Waals surface area contributed by atoms with E-state index in [9.17, 15) is 4.79 Å². The molecule has 0 radical (unpaired) electrons. The predicted molar refractivity (Wildman–Crippen MR) is 59.0 cm³/mol. The van der Waals surface area contributed by atoms with Crippen LogP contribution in [0.25, 0.3) is 0 Å². The molecule has 13 heavy (non-hydrogen) atoms. The van der Waals surface area contributed by atoms with Crippen molar-refractivity contribution < 1.29 is 9.90 Å². The third-order valence-electron chi connectivity index (χ3n) is 1.66. The first-order valence-corrected chi connectivity index (χ1v) is 4.68. The molecule has 1 aromatic carbocycles. The van der Waals surface area contributed by atoms with E-state index in [1.54, 1.807) is 19.1 Å². The van der Waals surface area contributed by atoms with E-state index in [-0.39, 0.29) is 0 Å². The molecule has 0 aliphatic heterocycles. The van der Waals surface area contributed by atoms with E-state index in [1.807, 2.05) is 28.7 Å². The Hall–Kier alpha value is -1.02. The largest absolute Gasteiger partial charge is 0.478 e. The fraction of sp³-hybridized carbons (Fsp3) is 0.100. The van der Waals surface area contributed by atoms with Gasteiger partial charge in [-0.05, 0) is 28.5 Å². The zero-order valence-electron chi connectivity index (χ0n) is 6.97. The summed E-state index contributed by atoms with van der Waals surface area (Å²) in [4.78, 5) is 10.7. The van der Waals surface area contributed by atoms with E-state index in [1.165, 1.54) is 0 Å². The fourth-order valence-corrected chi connectivity index (χ4v) is 1.30. The van der Waals surface area contributed by atoms with E-state index in [2.05, 4.69) is 9.85 Å². The van der Waals surface area contributed by atoms with Crippen molar-refractivity contribution in [3.8, 4) is 9.85 Å². The molecule has 0 aromatic heterocycles. The highest BCUT2D eigenvalue weighted by molar-refractivity contribution is 14.1. The Morgan fingerprint density at radius 3 is 2.77 bits per heavy atom. The Bertz CT molecular complexity index is 399. The average Bonchev–Trinajstić information content (AvgIpc) is 2.08. The summed E-state index contributed by atoms with van der Waals surface area (Å²) in [5, 5.41) is 8.81. The van der Waals surface area contributed by atoms with E-state index in [0.29, 0.717) is 5.56 Å². The second-order valence-electron chi connectivity index (χ2n) is 2.55. The quantitative estimate of drug-likeness (QED) is 0.636. The Morgan fingerprint density at radius 2 is 2.23 bits per heavy atom. The summed E-state index contributed by atoms with van der Waals surface area (Å²) in [5.74, 6) is 1.90. The van der Waals surface area contributed by atoms with Crippen LogP contribution >= 0.6 is 22.6 Å². The van der Waals surface area contributed by atoms with E-state index in [0.717, 1.165) is 11.1 Å². The van der Waals surface area contributed by atoms with Gasteiger partial charge in [0, 0.05) is 28.2 Å². The molecule has 0 heterocycles. The standard InChI is InChI=1S/C10H7IO2/c1-7-2-3-8(4-5-11)6-9(7)10(12)13/h2-3,6H,1H3,(H,12,13). The average molecular weight is 286 g/mol. The molecule has 0 amide bonds. The molecule has 0 fully saturated rings. The lowest BCUT2D eigenvalue weighted by Gasteiger charge is -1.99. The topological polar surface area (TPSA) is 37.3 Å². The molecule has 0 unspecified atom stereocenters. The summed E-state index contributed by atoms with van der Waals surface area (Å²) in [6, 6.07) is 5.16. The van der Waals surface area contributed by atoms with Crippen LogP contribution < -0.4 is 0 Å². The first-order valence-electron chi connectivity index (χ1n) is 3.60. The van der Waals surface area contributed by atoms with Crippen molar-refractivity contribution >= 4 is 28.6 Å². The minimum absolute atomic E-state index is 0.316. The lowest BCUT2D eigenvalue weighted by molar-refractivity contribution is 0.0696. The molecule has 0 saturated carbocycles. The van der Waals surface area contributed by atoms with Gasteiger partial charge in [-0.1, -0.05) is 12.0 Å². The van der Waals surface area contributed by atoms with Crippen LogP contribution in [0.2, 0.25) is 0 Å². The maximum Gasteiger partial charge on any atom is 0.335 e. The van der Waals surface area contributed by atoms with Crippen LogP contribution in [0.5, 0.6) is 0 Å². The van der Waals surface area contributed by atoms with Crippen molar-refractivity contribution in [1.29, 1.82) is 0 Å². The van der Waals surface area contributed by atoms with Crippen LogP contribution in [0, 0.1) is 16.8 Å². The minimum atomic E-state index is -0.908. The summed E-state index contributed by atoms with van der Waals surface area (Å²) in [5.41, 5.74) is 1.81. The smallest absolute Gasteiger partial charge is 0.335 e. The Labute approximate surface area is 90.1 Å². The molecule has 0 aliphatic rings. The van der Waals surface area contributed by atoms with E-state index < -0.39 is 5.97 Å². The van der Waals surface area contributed by atoms with Gasteiger partial charge < -0.3 is 5.11 Å². The first kappa shape index (κ1) is 10.1. The van der Waals surface area contributed by atoms with E-state index in [4.69, 9.17) is 5.11 Å². The molecular weight excluding hydrogens is 279 g/mol. The van der Waals surface area contributed by atoms with Crippen LogP contribution in [0.4, 0.5) is 0 Å². The monoisotopic (exact) mass is 286 g/mol. The van der Waals surface area contributed by atoms with Gasteiger partial charge >= 0.3 is 5.97 Å². The highest BCUT2D eigenvalue weighted by Gasteiger charge is 2.06.